The standard InChI is InChI=1S/C17H23NO2/c1-2-3-4-5-8-17(20)18-14-16-11-9-15(10-12-16)7-6-13-19/h9-12,19H,2-5,8,13-14H2,1H3,(H,18,20). The van der Waals surface area contributed by atoms with Crippen molar-refractivity contribution in [3.63, 3.8) is 0 Å². The first-order valence-electron chi connectivity index (χ1n) is 7.21. The molecular formula is C17H23NO2. The lowest BCUT2D eigenvalue weighted by molar-refractivity contribution is -0.121. The number of amides is 1. The fraction of sp³-hybridized carbons (Fsp3) is 0.471. The number of carbonyl (C=O) groups is 1. The van der Waals surface area contributed by atoms with Crippen LogP contribution >= 0.6 is 0 Å². The minimum Gasteiger partial charge on any atom is -0.384 e. The van der Waals surface area contributed by atoms with E-state index in [9.17, 15) is 4.79 Å². The van der Waals surface area contributed by atoms with E-state index < -0.39 is 0 Å². The van der Waals surface area contributed by atoms with Crippen LogP contribution in [0.4, 0.5) is 0 Å². The van der Waals surface area contributed by atoms with Crippen molar-refractivity contribution in [1.82, 2.24) is 5.32 Å². The number of hydrogen-bond donors (Lipinski definition) is 2. The molecule has 0 atom stereocenters. The Morgan fingerprint density at radius 2 is 1.95 bits per heavy atom. The van der Waals surface area contributed by atoms with Gasteiger partial charge in [-0.05, 0) is 24.1 Å². The fourth-order valence-corrected chi connectivity index (χ4v) is 1.85. The fourth-order valence-electron chi connectivity index (χ4n) is 1.85. The van der Waals surface area contributed by atoms with Crippen LogP contribution in [-0.4, -0.2) is 17.6 Å². The summed E-state index contributed by atoms with van der Waals surface area (Å²) in [7, 11) is 0. The summed E-state index contributed by atoms with van der Waals surface area (Å²) in [5.41, 5.74) is 1.93. The molecule has 20 heavy (non-hydrogen) atoms. The van der Waals surface area contributed by atoms with Gasteiger partial charge in [-0.25, -0.2) is 0 Å². The van der Waals surface area contributed by atoms with E-state index >= 15 is 0 Å². The Morgan fingerprint density at radius 3 is 2.60 bits per heavy atom. The van der Waals surface area contributed by atoms with Gasteiger partial charge in [-0.3, -0.25) is 4.79 Å². The van der Waals surface area contributed by atoms with Gasteiger partial charge in [0.25, 0.3) is 0 Å². The van der Waals surface area contributed by atoms with E-state index in [1.54, 1.807) is 0 Å². The van der Waals surface area contributed by atoms with Gasteiger partial charge in [0.2, 0.25) is 5.91 Å². The smallest absolute Gasteiger partial charge is 0.220 e. The van der Waals surface area contributed by atoms with Crippen molar-refractivity contribution in [2.75, 3.05) is 6.61 Å². The van der Waals surface area contributed by atoms with Crippen molar-refractivity contribution in [2.45, 2.75) is 45.6 Å². The highest BCUT2D eigenvalue weighted by Gasteiger charge is 2.01. The quantitative estimate of drug-likeness (QED) is 0.592. The van der Waals surface area contributed by atoms with E-state index in [0.717, 1.165) is 24.0 Å². The molecule has 0 fully saturated rings. The van der Waals surface area contributed by atoms with Gasteiger partial charge in [0.15, 0.2) is 0 Å². The maximum atomic E-state index is 11.6. The molecule has 0 aliphatic rings. The van der Waals surface area contributed by atoms with Crippen LogP contribution in [-0.2, 0) is 11.3 Å². The van der Waals surface area contributed by atoms with Crippen molar-refractivity contribution in [3.8, 4) is 11.8 Å². The monoisotopic (exact) mass is 273 g/mol. The molecule has 0 saturated heterocycles. The normalized spacial score (nSPS) is 9.70. The summed E-state index contributed by atoms with van der Waals surface area (Å²) < 4.78 is 0. The molecule has 0 unspecified atom stereocenters. The second-order valence-electron chi connectivity index (χ2n) is 4.74. The van der Waals surface area contributed by atoms with Crippen LogP contribution < -0.4 is 5.32 Å². The molecule has 0 spiro atoms. The number of unbranched alkanes of at least 4 members (excludes halogenated alkanes) is 3. The predicted octanol–water partition coefficient (Wildman–Crippen LogP) is 2.62. The molecule has 108 valence electrons. The minimum absolute atomic E-state index is 0.116. The minimum atomic E-state index is -0.129. The van der Waals surface area contributed by atoms with Crippen LogP contribution in [0.15, 0.2) is 24.3 Å². The predicted molar refractivity (Wildman–Crippen MR) is 81.0 cm³/mol. The van der Waals surface area contributed by atoms with Crippen LogP contribution in [0.1, 0.15) is 50.2 Å². The van der Waals surface area contributed by atoms with Gasteiger partial charge in [0.05, 0.1) is 0 Å². The first kappa shape index (κ1) is 16.3. The third-order valence-electron chi connectivity index (χ3n) is 3.01. The number of rotatable bonds is 7. The molecule has 3 nitrogen and oxygen atoms in total. The maximum Gasteiger partial charge on any atom is 0.220 e. The number of aliphatic hydroxyl groups excluding tert-OH is 1. The topological polar surface area (TPSA) is 49.3 Å². The molecule has 1 rings (SSSR count). The van der Waals surface area contributed by atoms with Gasteiger partial charge >= 0.3 is 0 Å². The molecule has 0 saturated carbocycles. The Hall–Kier alpha value is -1.79. The van der Waals surface area contributed by atoms with Crippen LogP contribution in [0.5, 0.6) is 0 Å². The number of nitrogens with one attached hydrogen (secondary N) is 1. The first-order chi connectivity index (χ1) is 9.76. The second-order valence-corrected chi connectivity index (χ2v) is 4.74. The van der Waals surface area contributed by atoms with Crippen molar-refractivity contribution >= 4 is 5.91 Å². The molecule has 0 aromatic heterocycles. The first-order valence-corrected chi connectivity index (χ1v) is 7.21. The Bertz CT molecular complexity index is 454. The Balaban J connectivity index is 2.29. The number of hydrogen-bond acceptors (Lipinski definition) is 2. The molecule has 0 aliphatic heterocycles. The van der Waals surface area contributed by atoms with Crippen molar-refractivity contribution < 1.29 is 9.90 Å². The Kier molecular flexibility index (Phi) is 8.17. The summed E-state index contributed by atoms with van der Waals surface area (Å²) >= 11 is 0. The summed E-state index contributed by atoms with van der Waals surface area (Å²) in [5, 5.41) is 11.5. The van der Waals surface area contributed by atoms with Gasteiger partial charge in [-0.1, -0.05) is 50.2 Å². The zero-order valence-electron chi connectivity index (χ0n) is 12.1. The molecule has 1 aromatic carbocycles. The average Bonchev–Trinajstić information content (AvgIpc) is 2.48. The highest BCUT2D eigenvalue weighted by Crippen LogP contribution is 2.05. The summed E-state index contributed by atoms with van der Waals surface area (Å²) in [6.45, 7) is 2.59. The zero-order chi connectivity index (χ0) is 14.6. The highest BCUT2D eigenvalue weighted by atomic mass is 16.2. The summed E-state index contributed by atoms with van der Waals surface area (Å²) in [6.07, 6.45) is 5.09. The van der Waals surface area contributed by atoms with E-state index in [1.165, 1.54) is 12.8 Å². The maximum absolute atomic E-state index is 11.6. The van der Waals surface area contributed by atoms with Gasteiger partial charge in [-0.15, -0.1) is 0 Å². The number of benzene rings is 1. The van der Waals surface area contributed by atoms with Gasteiger partial charge in [0, 0.05) is 18.5 Å². The van der Waals surface area contributed by atoms with Crippen molar-refractivity contribution in [3.05, 3.63) is 35.4 Å². The Morgan fingerprint density at radius 1 is 1.20 bits per heavy atom. The van der Waals surface area contributed by atoms with Gasteiger partial charge in [-0.2, -0.15) is 0 Å². The van der Waals surface area contributed by atoms with E-state index in [-0.39, 0.29) is 12.5 Å². The van der Waals surface area contributed by atoms with Crippen LogP contribution in [0.2, 0.25) is 0 Å². The zero-order valence-corrected chi connectivity index (χ0v) is 12.1. The number of carbonyl (C=O) groups excluding carboxylic acids is 1. The van der Waals surface area contributed by atoms with E-state index in [1.807, 2.05) is 24.3 Å². The molecule has 0 radical (unpaired) electrons. The molecule has 0 heterocycles. The molecule has 0 aliphatic carbocycles. The lowest BCUT2D eigenvalue weighted by atomic mass is 10.1. The lowest BCUT2D eigenvalue weighted by Gasteiger charge is -2.05. The van der Waals surface area contributed by atoms with E-state index in [4.69, 9.17) is 5.11 Å². The summed E-state index contributed by atoms with van der Waals surface area (Å²) in [4.78, 5) is 11.6. The van der Waals surface area contributed by atoms with Crippen LogP contribution in [0, 0.1) is 11.8 Å². The summed E-state index contributed by atoms with van der Waals surface area (Å²) in [5.74, 6) is 5.56. The van der Waals surface area contributed by atoms with Crippen molar-refractivity contribution in [1.29, 1.82) is 0 Å². The van der Waals surface area contributed by atoms with Crippen molar-refractivity contribution in [2.24, 2.45) is 0 Å². The Labute approximate surface area is 121 Å². The summed E-state index contributed by atoms with van der Waals surface area (Å²) in [6, 6.07) is 7.67. The SMILES string of the molecule is CCCCCCC(=O)NCc1ccc(C#CCO)cc1. The number of aliphatic hydroxyl groups is 1. The van der Waals surface area contributed by atoms with Gasteiger partial charge in [0.1, 0.15) is 6.61 Å². The van der Waals surface area contributed by atoms with Gasteiger partial charge < -0.3 is 10.4 Å². The second kappa shape index (κ2) is 10.1. The largest absolute Gasteiger partial charge is 0.384 e. The molecule has 2 N–H and O–H groups in total. The third-order valence-corrected chi connectivity index (χ3v) is 3.01. The molecule has 1 amide bonds. The third kappa shape index (κ3) is 6.96. The van der Waals surface area contributed by atoms with Crippen LogP contribution in [0.25, 0.3) is 0 Å². The molecule has 1 aromatic rings. The molecular weight excluding hydrogens is 250 g/mol. The molecule has 0 bridgehead atoms. The van der Waals surface area contributed by atoms with Crippen LogP contribution in [0.3, 0.4) is 0 Å². The van der Waals surface area contributed by atoms with E-state index in [2.05, 4.69) is 24.1 Å². The van der Waals surface area contributed by atoms with E-state index in [0.29, 0.717) is 13.0 Å². The lowest BCUT2D eigenvalue weighted by Crippen LogP contribution is -2.22. The average molecular weight is 273 g/mol. The molecule has 3 heteroatoms. The highest BCUT2D eigenvalue weighted by molar-refractivity contribution is 5.75.